The van der Waals surface area contributed by atoms with Crippen LogP contribution in [0.4, 0.5) is 10.1 Å². The number of amides is 1. The van der Waals surface area contributed by atoms with Gasteiger partial charge in [-0.15, -0.1) is 0 Å². The summed E-state index contributed by atoms with van der Waals surface area (Å²) in [5, 5.41) is 2.92. The fraction of sp³-hybridized carbons (Fsp3) is 0.450. The first-order valence-electron chi connectivity index (χ1n) is 8.91. The number of rotatable bonds is 6. The van der Waals surface area contributed by atoms with Gasteiger partial charge in [0.15, 0.2) is 0 Å². The molecule has 1 amide bonds. The zero-order chi connectivity index (χ0) is 18.2. The summed E-state index contributed by atoms with van der Waals surface area (Å²) in [5.41, 5.74) is 1.82. The zero-order valence-electron chi connectivity index (χ0n) is 15.3. The highest BCUT2D eigenvalue weighted by Gasteiger charge is 2.21. The van der Waals surface area contributed by atoms with E-state index in [1.807, 2.05) is 26.0 Å². The fourth-order valence-electron chi connectivity index (χ4n) is 3.06. The molecular formula is C20H28FN3O. The van der Waals surface area contributed by atoms with Crippen molar-refractivity contribution in [2.24, 2.45) is 0 Å². The normalized spacial score (nSPS) is 17.4. The number of hydrogen-bond donors (Lipinski definition) is 1. The lowest BCUT2D eigenvalue weighted by Gasteiger charge is -2.37. The number of nitrogens with one attached hydrogen (secondary N) is 1. The molecule has 0 aliphatic carbocycles. The number of likely N-dealkylation sites (N-methyl/N-ethyl adjacent to an activating group) is 1. The van der Waals surface area contributed by atoms with Gasteiger partial charge in [0.2, 0.25) is 5.91 Å². The number of benzene rings is 1. The SMILES string of the molecule is CC=CC=CC(=O)NC(C)c1cc(F)ccc1N1CCN(CC)CC1. The Balaban J connectivity index is 2.13. The van der Waals surface area contributed by atoms with Crippen LogP contribution in [0.1, 0.15) is 32.4 Å². The van der Waals surface area contributed by atoms with Crippen LogP contribution in [0.25, 0.3) is 0 Å². The lowest BCUT2D eigenvalue weighted by Crippen LogP contribution is -2.46. The molecule has 0 spiro atoms. The monoisotopic (exact) mass is 345 g/mol. The highest BCUT2D eigenvalue weighted by Crippen LogP contribution is 2.28. The lowest BCUT2D eigenvalue weighted by molar-refractivity contribution is -0.117. The first-order valence-corrected chi connectivity index (χ1v) is 8.91. The van der Waals surface area contributed by atoms with Crippen molar-refractivity contribution in [3.63, 3.8) is 0 Å². The van der Waals surface area contributed by atoms with Crippen LogP contribution in [0.3, 0.4) is 0 Å². The molecule has 0 aromatic heterocycles. The highest BCUT2D eigenvalue weighted by molar-refractivity contribution is 5.88. The Morgan fingerprint density at radius 3 is 2.64 bits per heavy atom. The largest absolute Gasteiger partial charge is 0.369 e. The summed E-state index contributed by atoms with van der Waals surface area (Å²) >= 11 is 0. The predicted octanol–water partition coefficient (Wildman–Crippen LogP) is 3.28. The number of piperazine rings is 1. The molecule has 0 bridgehead atoms. The van der Waals surface area contributed by atoms with Crippen molar-refractivity contribution in [2.45, 2.75) is 26.8 Å². The molecule has 1 fully saturated rings. The number of carbonyl (C=O) groups excluding carboxylic acids is 1. The molecule has 1 heterocycles. The van der Waals surface area contributed by atoms with Gasteiger partial charge in [-0.1, -0.05) is 25.2 Å². The van der Waals surface area contributed by atoms with Crippen LogP contribution >= 0.6 is 0 Å². The lowest BCUT2D eigenvalue weighted by atomic mass is 10.0. The zero-order valence-corrected chi connectivity index (χ0v) is 15.3. The van der Waals surface area contributed by atoms with E-state index in [4.69, 9.17) is 0 Å². The molecule has 1 N–H and O–H groups in total. The van der Waals surface area contributed by atoms with Crippen molar-refractivity contribution in [1.82, 2.24) is 10.2 Å². The topological polar surface area (TPSA) is 35.6 Å². The summed E-state index contributed by atoms with van der Waals surface area (Å²) < 4.78 is 13.8. The fourth-order valence-corrected chi connectivity index (χ4v) is 3.06. The first-order chi connectivity index (χ1) is 12.0. The average Bonchev–Trinajstić information content (AvgIpc) is 2.62. The van der Waals surface area contributed by atoms with E-state index in [0.29, 0.717) is 0 Å². The third-order valence-corrected chi connectivity index (χ3v) is 4.53. The molecule has 1 unspecified atom stereocenters. The predicted molar refractivity (Wildman–Crippen MR) is 101 cm³/mol. The molecule has 1 saturated heterocycles. The van der Waals surface area contributed by atoms with Crippen LogP contribution < -0.4 is 10.2 Å². The van der Waals surface area contributed by atoms with Crippen molar-refractivity contribution < 1.29 is 9.18 Å². The Morgan fingerprint density at radius 1 is 1.28 bits per heavy atom. The number of hydrogen-bond acceptors (Lipinski definition) is 3. The van der Waals surface area contributed by atoms with Crippen LogP contribution in [-0.4, -0.2) is 43.5 Å². The van der Waals surface area contributed by atoms with Crippen LogP contribution in [0, 0.1) is 5.82 Å². The van der Waals surface area contributed by atoms with E-state index >= 15 is 0 Å². The van der Waals surface area contributed by atoms with Gasteiger partial charge in [-0.3, -0.25) is 4.79 Å². The molecule has 1 atom stereocenters. The third kappa shape index (κ3) is 5.43. The quantitative estimate of drug-likeness (QED) is 0.635. The maximum atomic E-state index is 13.8. The van der Waals surface area contributed by atoms with E-state index in [2.05, 4.69) is 22.0 Å². The van der Waals surface area contributed by atoms with Gasteiger partial charge in [0.1, 0.15) is 5.82 Å². The van der Waals surface area contributed by atoms with Crippen molar-refractivity contribution in [1.29, 1.82) is 0 Å². The summed E-state index contributed by atoms with van der Waals surface area (Å²) in [4.78, 5) is 16.7. The van der Waals surface area contributed by atoms with Gasteiger partial charge in [0.25, 0.3) is 0 Å². The van der Waals surface area contributed by atoms with E-state index in [-0.39, 0.29) is 17.8 Å². The second kappa shape index (κ2) is 9.37. The number of anilines is 1. The van der Waals surface area contributed by atoms with Gasteiger partial charge in [0.05, 0.1) is 6.04 Å². The average molecular weight is 345 g/mol. The minimum Gasteiger partial charge on any atom is -0.369 e. The van der Waals surface area contributed by atoms with Crippen molar-refractivity contribution >= 4 is 11.6 Å². The minimum atomic E-state index is -0.281. The Morgan fingerprint density at radius 2 is 2.00 bits per heavy atom. The van der Waals surface area contributed by atoms with Gasteiger partial charge in [-0.2, -0.15) is 0 Å². The maximum absolute atomic E-state index is 13.8. The standard InChI is InChI=1S/C20H28FN3O/c1-4-6-7-8-20(25)22-16(3)18-15-17(21)9-10-19(18)24-13-11-23(5-2)12-14-24/h4,6-10,15-16H,5,11-14H2,1-3H3,(H,22,25). The van der Waals surface area contributed by atoms with Crippen LogP contribution in [0.2, 0.25) is 0 Å². The van der Waals surface area contributed by atoms with Crippen molar-refractivity contribution in [2.75, 3.05) is 37.6 Å². The molecule has 1 aromatic rings. The summed E-state index contributed by atoms with van der Waals surface area (Å²) in [5.74, 6) is -0.465. The van der Waals surface area contributed by atoms with Crippen molar-refractivity contribution in [3.8, 4) is 0 Å². The van der Waals surface area contributed by atoms with Gasteiger partial charge in [0, 0.05) is 43.5 Å². The molecule has 2 rings (SSSR count). The molecule has 5 heteroatoms. The van der Waals surface area contributed by atoms with E-state index < -0.39 is 0 Å². The number of nitrogens with zero attached hydrogens (tertiary/aromatic N) is 2. The summed E-state index contributed by atoms with van der Waals surface area (Å²) in [6, 6.07) is 4.58. The van der Waals surface area contributed by atoms with Crippen LogP contribution in [0.5, 0.6) is 0 Å². The van der Waals surface area contributed by atoms with E-state index in [1.165, 1.54) is 18.2 Å². The number of allylic oxidation sites excluding steroid dienone is 3. The number of halogens is 1. The van der Waals surface area contributed by atoms with Gasteiger partial charge < -0.3 is 15.1 Å². The summed E-state index contributed by atoms with van der Waals surface area (Å²) in [7, 11) is 0. The molecule has 0 saturated carbocycles. The van der Waals surface area contributed by atoms with Crippen molar-refractivity contribution in [3.05, 3.63) is 53.9 Å². The molecule has 1 aliphatic rings. The second-order valence-corrected chi connectivity index (χ2v) is 6.24. The highest BCUT2D eigenvalue weighted by atomic mass is 19.1. The van der Waals surface area contributed by atoms with Gasteiger partial charge in [-0.05, 0) is 38.6 Å². The van der Waals surface area contributed by atoms with Gasteiger partial charge >= 0.3 is 0 Å². The molecule has 0 radical (unpaired) electrons. The Hall–Kier alpha value is -2.14. The second-order valence-electron chi connectivity index (χ2n) is 6.24. The van der Waals surface area contributed by atoms with E-state index in [9.17, 15) is 9.18 Å². The Bertz CT molecular complexity index is 634. The summed E-state index contributed by atoms with van der Waals surface area (Å²) in [6.07, 6.45) is 6.83. The minimum absolute atomic E-state index is 0.184. The molecule has 4 nitrogen and oxygen atoms in total. The molecule has 1 aromatic carbocycles. The molecule has 1 aliphatic heterocycles. The van der Waals surface area contributed by atoms with Gasteiger partial charge in [-0.25, -0.2) is 4.39 Å². The third-order valence-electron chi connectivity index (χ3n) is 4.53. The summed E-state index contributed by atoms with van der Waals surface area (Å²) in [6.45, 7) is 10.8. The molecule has 25 heavy (non-hydrogen) atoms. The van der Waals surface area contributed by atoms with Crippen LogP contribution in [0.15, 0.2) is 42.5 Å². The maximum Gasteiger partial charge on any atom is 0.244 e. The molecule has 136 valence electrons. The van der Waals surface area contributed by atoms with E-state index in [0.717, 1.165) is 44.0 Å². The smallest absolute Gasteiger partial charge is 0.244 e. The first kappa shape index (κ1) is 19.2. The molecular weight excluding hydrogens is 317 g/mol. The number of carbonyl (C=O) groups is 1. The Labute approximate surface area is 150 Å². The Kier molecular flexibility index (Phi) is 7.19. The van der Waals surface area contributed by atoms with E-state index in [1.54, 1.807) is 12.2 Å². The van der Waals surface area contributed by atoms with Crippen LogP contribution in [-0.2, 0) is 4.79 Å².